The maximum Gasteiger partial charge on any atom is 0.119 e. The molecular weight excluding hydrogens is 242 g/mol. The summed E-state index contributed by atoms with van der Waals surface area (Å²) < 4.78 is 5.31. The van der Waals surface area contributed by atoms with Crippen molar-refractivity contribution in [3.63, 3.8) is 0 Å². The molecular formula is C15H17NOS. The van der Waals surface area contributed by atoms with E-state index >= 15 is 0 Å². The van der Waals surface area contributed by atoms with Gasteiger partial charge in [0, 0.05) is 16.3 Å². The van der Waals surface area contributed by atoms with Crippen molar-refractivity contribution in [2.45, 2.75) is 19.4 Å². The first kappa shape index (κ1) is 11.8. The molecule has 1 N–H and O–H groups in total. The lowest BCUT2D eigenvalue weighted by atomic mass is 9.95. The fraction of sp³-hybridized carbons (Fsp3) is 0.333. The fourth-order valence-electron chi connectivity index (χ4n) is 2.58. The van der Waals surface area contributed by atoms with Crippen molar-refractivity contribution in [1.29, 1.82) is 0 Å². The molecule has 94 valence electrons. The number of hydrogen-bond acceptors (Lipinski definition) is 3. The molecule has 1 atom stereocenters. The van der Waals surface area contributed by atoms with Crippen molar-refractivity contribution in [2.24, 2.45) is 0 Å². The topological polar surface area (TPSA) is 21.3 Å². The molecule has 1 unspecified atom stereocenters. The highest BCUT2D eigenvalue weighted by Crippen LogP contribution is 2.35. The minimum absolute atomic E-state index is 0.314. The van der Waals surface area contributed by atoms with Gasteiger partial charge in [-0.15, -0.1) is 11.3 Å². The first-order valence-corrected chi connectivity index (χ1v) is 7.06. The number of methoxy groups -OCH3 is 1. The molecule has 0 saturated carbocycles. The number of fused-ring (bicyclic) bond motifs is 1. The maximum atomic E-state index is 5.31. The summed E-state index contributed by atoms with van der Waals surface area (Å²) in [6.45, 7) is 3.24. The monoisotopic (exact) mass is 259 g/mol. The number of thiophene rings is 1. The Morgan fingerprint density at radius 1 is 1.33 bits per heavy atom. The quantitative estimate of drug-likeness (QED) is 0.893. The van der Waals surface area contributed by atoms with Crippen LogP contribution >= 0.6 is 11.3 Å². The second kappa shape index (κ2) is 4.75. The van der Waals surface area contributed by atoms with E-state index in [0.29, 0.717) is 6.04 Å². The highest BCUT2D eigenvalue weighted by Gasteiger charge is 2.23. The third-order valence-corrected chi connectivity index (χ3v) is 4.53. The summed E-state index contributed by atoms with van der Waals surface area (Å²) in [5, 5.41) is 3.61. The zero-order valence-corrected chi connectivity index (χ0v) is 11.5. The van der Waals surface area contributed by atoms with Gasteiger partial charge >= 0.3 is 0 Å². The van der Waals surface area contributed by atoms with Gasteiger partial charge in [0.1, 0.15) is 5.75 Å². The van der Waals surface area contributed by atoms with Crippen molar-refractivity contribution in [3.05, 3.63) is 51.2 Å². The molecule has 1 aromatic heterocycles. The van der Waals surface area contributed by atoms with E-state index in [1.807, 2.05) is 17.4 Å². The number of hydrogen-bond donors (Lipinski definition) is 1. The normalized spacial score (nSPS) is 18.4. The molecule has 1 aromatic carbocycles. The Morgan fingerprint density at radius 3 is 3.06 bits per heavy atom. The molecule has 2 heterocycles. The van der Waals surface area contributed by atoms with Gasteiger partial charge < -0.3 is 10.1 Å². The number of benzene rings is 1. The number of nitrogens with one attached hydrogen (secondary N) is 1. The molecule has 0 amide bonds. The summed E-state index contributed by atoms with van der Waals surface area (Å²) in [5.41, 5.74) is 2.73. The third-order valence-electron chi connectivity index (χ3n) is 3.40. The minimum atomic E-state index is 0.314. The lowest BCUT2D eigenvalue weighted by Crippen LogP contribution is -2.29. The van der Waals surface area contributed by atoms with Gasteiger partial charge in [-0.25, -0.2) is 0 Å². The highest BCUT2D eigenvalue weighted by molar-refractivity contribution is 7.12. The van der Waals surface area contributed by atoms with Crippen LogP contribution in [0.5, 0.6) is 5.75 Å². The van der Waals surface area contributed by atoms with Crippen LogP contribution in [0.1, 0.15) is 26.9 Å². The average molecular weight is 259 g/mol. The van der Waals surface area contributed by atoms with E-state index in [-0.39, 0.29) is 0 Å². The van der Waals surface area contributed by atoms with Gasteiger partial charge in [-0.3, -0.25) is 0 Å². The van der Waals surface area contributed by atoms with E-state index in [2.05, 4.69) is 36.5 Å². The van der Waals surface area contributed by atoms with Gasteiger partial charge in [-0.1, -0.05) is 12.1 Å². The van der Waals surface area contributed by atoms with Crippen LogP contribution < -0.4 is 10.1 Å². The lowest BCUT2D eigenvalue weighted by molar-refractivity contribution is 0.413. The lowest BCUT2D eigenvalue weighted by Gasteiger charge is -2.25. The summed E-state index contributed by atoms with van der Waals surface area (Å²) in [4.78, 5) is 2.93. The molecule has 1 aliphatic rings. The third kappa shape index (κ3) is 2.04. The summed E-state index contributed by atoms with van der Waals surface area (Å²) >= 11 is 1.93. The zero-order chi connectivity index (χ0) is 12.5. The van der Waals surface area contributed by atoms with E-state index in [0.717, 1.165) is 18.7 Å². The Bertz CT molecular complexity index is 561. The van der Waals surface area contributed by atoms with E-state index in [4.69, 9.17) is 4.74 Å². The number of rotatable bonds is 2. The molecule has 0 radical (unpaired) electrons. The standard InChI is InChI=1S/C15H17NOS/c1-10-8-13-14(18-10)6-7-16-15(13)11-4-3-5-12(9-11)17-2/h3-5,8-9,15-16H,6-7H2,1-2H3. The molecule has 0 fully saturated rings. The smallest absolute Gasteiger partial charge is 0.119 e. The molecule has 2 nitrogen and oxygen atoms in total. The summed E-state index contributed by atoms with van der Waals surface area (Å²) in [6.07, 6.45) is 1.15. The van der Waals surface area contributed by atoms with E-state index in [9.17, 15) is 0 Å². The van der Waals surface area contributed by atoms with Crippen LogP contribution in [0.4, 0.5) is 0 Å². The maximum absolute atomic E-state index is 5.31. The van der Waals surface area contributed by atoms with Crippen molar-refractivity contribution in [3.8, 4) is 5.75 Å². The van der Waals surface area contributed by atoms with Crippen LogP contribution in [-0.2, 0) is 6.42 Å². The Labute approximate surface area is 112 Å². The first-order chi connectivity index (χ1) is 8.78. The first-order valence-electron chi connectivity index (χ1n) is 6.24. The van der Waals surface area contributed by atoms with Crippen molar-refractivity contribution in [1.82, 2.24) is 5.32 Å². The van der Waals surface area contributed by atoms with Gasteiger partial charge in [0.15, 0.2) is 0 Å². The van der Waals surface area contributed by atoms with Gasteiger partial charge in [0.2, 0.25) is 0 Å². The molecule has 2 aromatic rings. The van der Waals surface area contributed by atoms with Crippen molar-refractivity contribution < 1.29 is 4.74 Å². The Hall–Kier alpha value is -1.32. The van der Waals surface area contributed by atoms with Crippen LogP contribution in [0.25, 0.3) is 0 Å². The predicted octanol–water partition coefficient (Wildman–Crippen LogP) is 3.30. The molecule has 0 bridgehead atoms. The molecule has 3 rings (SSSR count). The van der Waals surface area contributed by atoms with Gasteiger partial charge in [0.05, 0.1) is 13.2 Å². The number of ether oxygens (including phenoxy) is 1. The minimum Gasteiger partial charge on any atom is -0.497 e. The summed E-state index contributed by atoms with van der Waals surface area (Å²) in [7, 11) is 1.72. The van der Waals surface area contributed by atoms with E-state index in [1.165, 1.54) is 20.9 Å². The second-order valence-corrected chi connectivity index (χ2v) is 5.99. The van der Waals surface area contributed by atoms with Gasteiger partial charge in [-0.05, 0) is 42.7 Å². The molecule has 1 aliphatic heterocycles. The van der Waals surface area contributed by atoms with Crippen molar-refractivity contribution >= 4 is 11.3 Å². The van der Waals surface area contributed by atoms with Crippen LogP contribution in [0.15, 0.2) is 30.3 Å². The van der Waals surface area contributed by atoms with Crippen LogP contribution in [-0.4, -0.2) is 13.7 Å². The molecule has 0 spiro atoms. The van der Waals surface area contributed by atoms with Crippen LogP contribution in [0, 0.1) is 6.92 Å². The second-order valence-electron chi connectivity index (χ2n) is 4.65. The molecule has 0 aliphatic carbocycles. The van der Waals surface area contributed by atoms with Crippen molar-refractivity contribution in [2.75, 3.05) is 13.7 Å². The van der Waals surface area contributed by atoms with Gasteiger partial charge in [0.25, 0.3) is 0 Å². The molecule has 0 saturated heterocycles. The average Bonchev–Trinajstić information content (AvgIpc) is 2.78. The Balaban J connectivity index is 2.02. The van der Waals surface area contributed by atoms with Gasteiger partial charge in [-0.2, -0.15) is 0 Å². The summed E-state index contributed by atoms with van der Waals surface area (Å²) in [5.74, 6) is 0.924. The van der Waals surface area contributed by atoms with Crippen LogP contribution in [0.3, 0.4) is 0 Å². The highest BCUT2D eigenvalue weighted by atomic mass is 32.1. The van der Waals surface area contributed by atoms with E-state index in [1.54, 1.807) is 7.11 Å². The number of aryl methyl sites for hydroxylation is 1. The Morgan fingerprint density at radius 2 is 2.22 bits per heavy atom. The molecule has 3 heteroatoms. The summed E-state index contributed by atoms with van der Waals surface area (Å²) in [6, 6.07) is 11.0. The van der Waals surface area contributed by atoms with E-state index < -0.39 is 0 Å². The Kier molecular flexibility index (Phi) is 3.10. The largest absolute Gasteiger partial charge is 0.497 e. The SMILES string of the molecule is COc1cccc(C2NCCc3sc(C)cc32)c1. The fourth-order valence-corrected chi connectivity index (χ4v) is 3.65. The predicted molar refractivity (Wildman–Crippen MR) is 75.6 cm³/mol. The van der Waals surface area contributed by atoms with Crippen LogP contribution in [0.2, 0.25) is 0 Å². The molecule has 18 heavy (non-hydrogen) atoms. The zero-order valence-electron chi connectivity index (χ0n) is 10.7.